The third-order valence-corrected chi connectivity index (χ3v) is 3.85. The monoisotopic (exact) mass is 438 g/mol. The highest BCUT2D eigenvalue weighted by Gasteiger charge is 2.11. The summed E-state index contributed by atoms with van der Waals surface area (Å²) in [4.78, 5) is 0. The molecular formula is C12H8I2O2. The van der Waals surface area contributed by atoms with E-state index in [1.165, 1.54) is 0 Å². The summed E-state index contributed by atoms with van der Waals surface area (Å²) >= 11 is 4.20. The number of phenolic OH excluding ortho intramolecular Hbond substituents is 2. The molecule has 4 heteroatoms. The van der Waals surface area contributed by atoms with Gasteiger partial charge in [0.05, 0.1) is 3.57 Å². The van der Waals surface area contributed by atoms with Gasteiger partial charge in [0.15, 0.2) is 11.5 Å². The maximum absolute atomic E-state index is 9.84. The zero-order chi connectivity index (χ0) is 11.7. The Hall–Kier alpha value is -0.500. The summed E-state index contributed by atoms with van der Waals surface area (Å²) in [5.74, 6) is -0.121. The van der Waals surface area contributed by atoms with E-state index in [2.05, 4.69) is 22.6 Å². The number of phenols is 2. The van der Waals surface area contributed by atoms with Crippen LogP contribution in [0.1, 0.15) is 0 Å². The summed E-state index contributed by atoms with van der Waals surface area (Å²) in [6.07, 6.45) is 0. The summed E-state index contributed by atoms with van der Waals surface area (Å²) in [6.45, 7) is 0. The van der Waals surface area contributed by atoms with Gasteiger partial charge in [-0.2, -0.15) is 0 Å². The Kier molecular flexibility index (Phi) is 3.58. The molecule has 0 spiro atoms. The number of hydrogen-bond acceptors (Lipinski definition) is 2. The van der Waals surface area contributed by atoms with Gasteiger partial charge in [-0.3, -0.25) is 0 Å². The van der Waals surface area contributed by atoms with Gasteiger partial charge in [0.25, 0.3) is 0 Å². The van der Waals surface area contributed by atoms with E-state index in [0.717, 1.165) is 9.13 Å². The first-order chi connectivity index (χ1) is 7.59. The van der Waals surface area contributed by atoms with Crippen molar-refractivity contribution in [2.24, 2.45) is 0 Å². The number of benzene rings is 2. The fourth-order valence-electron chi connectivity index (χ4n) is 1.42. The average molecular weight is 438 g/mol. The van der Waals surface area contributed by atoms with E-state index in [4.69, 9.17) is 0 Å². The van der Waals surface area contributed by atoms with Crippen molar-refractivity contribution in [3.05, 3.63) is 43.5 Å². The summed E-state index contributed by atoms with van der Waals surface area (Å²) in [6, 6.07) is 11.4. The molecule has 0 aliphatic carbocycles. The molecule has 82 valence electrons. The molecule has 16 heavy (non-hydrogen) atoms. The van der Waals surface area contributed by atoms with Crippen LogP contribution < -0.4 is 0 Å². The first kappa shape index (κ1) is 12.0. The predicted molar refractivity (Wildman–Crippen MR) is 80.6 cm³/mol. The third-order valence-electron chi connectivity index (χ3n) is 2.26. The van der Waals surface area contributed by atoms with Gasteiger partial charge in [-0.15, -0.1) is 0 Å². The first-order valence-electron chi connectivity index (χ1n) is 4.56. The molecule has 0 aliphatic heterocycles. The molecule has 0 aromatic heterocycles. The molecular weight excluding hydrogens is 430 g/mol. The normalized spacial score (nSPS) is 10.4. The fourth-order valence-corrected chi connectivity index (χ4v) is 2.21. The summed E-state index contributed by atoms with van der Waals surface area (Å²) in [5, 5.41) is 19.5. The zero-order valence-corrected chi connectivity index (χ0v) is 12.4. The van der Waals surface area contributed by atoms with Crippen molar-refractivity contribution in [1.82, 2.24) is 0 Å². The highest BCUT2D eigenvalue weighted by molar-refractivity contribution is 14.1. The van der Waals surface area contributed by atoms with Crippen LogP contribution in [0.3, 0.4) is 0 Å². The quantitative estimate of drug-likeness (QED) is 0.523. The van der Waals surface area contributed by atoms with Crippen molar-refractivity contribution >= 4 is 45.2 Å². The van der Waals surface area contributed by atoms with Crippen molar-refractivity contribution in [2.75, 3.05) is 0 Å². The van der Waals surface area contributed by atoms with Crippen molar-refractivity contribution < 1.29 is 10.2 Å². The van der Waals surface area contributed by atoms with Crippen LogP contribution in [0.4, 0.5) is 0 Å². The fraction of sp³-hybridized carbons (Fsp3) is 0. The Morgan fingerprint density at radius 1 is 0.750 bits per heavy atom. The van der Waals surface area contributed by atoms with E-state index in [1.54, 1.807) is 12.1 Å². The van der Waals surface area contributed by atoms with Gasteiger partial charge < -0.3 is 10.2 Å². The van der Waals surface area contributed by atoms with E-state index in [0.29, 0.717) is 9.13 Å². The van der Waals surface area contributed by atoms with Gasteiger partial charge >= 0.3 is 0 Å². The topological polar surface area (TPSA) is 40.5 Å². The zero-order valence-electron chi connectivity index (χ0n) is 8.11. The number of halogens is 2. The lowest BCUT2D eigenvalue weighted by Crippen LogP contribution is -1.82. The second-order valence-corrected chi connectivity index (χ2v) is 5.71. The molecule has 0 saturated carbocycles. The molecule has 0 amide bonds. The number of rotatable bonds is 1. The predicted octanol–water partition coefficient (Wildman–Crippen LogP) is 3.97. The Morgan fingerprint density at radius 2 is 1.38 bits per heavy atom. The van der Waals surface area contributed by atoms with Crippen LogP contribution in [-0.4, -0.2) is 10.2 Å². The molecule has 2 aromatic carbocycles. The van der Waals surface area contributed by atoms with Crippen molar-refractivity contribution in [3.8, 4) is 22.6 Å². The second-order valence-electron chi connectivity index (χ2n) is 3.30. The minimum absolute atomic E-state index is 0.0587. The van der Waals surface area contributed by atoms with Crippen LogP contribution in [0.25, 0.3) is 11.1 Å². The van der Waals surface area contributed by atoms with Crippen LogP contribution in [0.2, 0.25) is 0 Å². The van der Waals surface area contributed by atoms with Gasteiger partial charge in [-0.05, 0) is 75.0 Å². The van der Waals surface area contributed by atoms with Gasteiger partial charge in [0, 0.05) is 9.13 Å². The smallest absolute Gasteiger partial charge is 0.171 e. The van der Waals surface area contributed by atoms with E-state index < -0.39 is 0 Å². The molecule has 2 N–H and O–H groups in total. The second kappa shape index (κ2) is 4.79. The minimum atomic E-state index is -0.0619. The molecule has 0 saturated heterocycles. The Labute approximate surface area is 121 Å². The van der Waals surface area contributed by atoms with Crippen LogP contribution in [0.5, 0.6) is 11.5 Å². The molecule has 0 atom stereocenters. The average Bonchev–Trinajstić information content (AvgIpc) is 2.28. The summed E-state index contributed by atoms with van der Waals surface area (Å²) in [7, 11) is 0. The SMILES string of the molecule is Oc1c(I)ccc(-c2ccc(I)cc2)c1O. The van der Waals surface area contributed by atoms with Gasteiger partial charge in [0.1, 0.15) is 0 Å². The molecule has 2 rings (SSSR count). The van der Waals surface area contributed by atoms with E-state index >= 15 is 0 Å². The third kappa shape index (κ3) is 2.27. The first-order valence-corrected chi connectivity index (χ1v) is 6.71. The van der Waals surface area contributed by atoms with Crippen LogP contribution >= 0.6 is 45.2 Å². The molecule has 2 aromatic rings. The Bertz CT molecular complexity index is 521. The number of aromatic hydroxyl groups is 2. The minimum Gasteiger partial charge on any atom is -0.504 e. The van der Waals surface area contributed by atoms with Gasteiger partial charge in [-0.25, -0.2) is 0 Å². The maximum Gasteiger partial charge on any atom is 0.171 e. The summed E-state index contributed by atoms with van der Waals surface area (Å²) in [5.41, 5.74) is 1.54. The van der Waals surface area contributed by atoms with Crippen LogP contribution in [-0.2, 0) is 0 Å². The number of hydrogen-bond donors (Lipinski definition) is 2. The largest absolute Gasteiger partial charge is 0.504 e. The molecule has 2 nitrogen and oxygen atoms in total. The molecule has 0 unspecified atom stereocenters. The summed E-state index contributed by atoms with van der Waals surface area (Å²) < 4.78 is 1.78. The molecule has 0 fully saturated rings. The van der Waals surface area contributed by atoms with Gasteiger partial charge in [-0.1, -0.05) is 12.1 Å². The molecule has 0 bridgehead atoms. The van der Waals surface area contributed by atoms with Crippen LogP contribution in [0, 0.1) is 7.14 Å². The van der Waals surface area contributed by atoms with Gasteiger partial charge in [0.2, 0.25) is 0 Å². The maximum atomic E-state index is 9.84. The molecule has 0 aliphatic rings. The molecule has 0 heterocycles. The van der Waals surface area contributed by atoms with E-state index in [-0.39, 0.29) is 11.5 Å². The van der Waals surface area contributed by atoms with Crippen molar-refractivity contribution in [1.29, 1.82) is 0 Å². The standard InChI is InChI=1S/C12H8I2O2/c13-8-3-1-7(2-4-8)9-5-6-10(14)12(16)11(9)15/h1-6,15-16H. The highest BCUT2D eigenvalue weighted by atomic mass is 127. The lowest BCUT2D eigenvalue weighted by Gasteiger charge is -2.07. The lowest BCUT2D eigenvalue weighted by molar-refractivity contribution is 0.402. The Balaban J connectivity index is 2.57. The van der Waals surface area contributed by atoms with Crippen LogP contribution in [0.15, 0.2) is 36.4 Å². The molecule has 0 radical (unpaired) electrons. The van der Waals surface area contributed by atoms with E-state index in [9.17, 15) is 10.2 Å². The Morgan fingerprint density at radius 3 is 2.00 bits per heavy atom. The van der Waals surface area contributed by atoms with E-state index in [1.807, 2.05) is 46.9 Å². The van der Waals surface area contributed by atoms with Crippen molar-refractivity contribution in [3.63, 3.8) is 0 Å². The lowest BCUT2D eigenvalue weighted by atomic mass is 10.0. The highest BCUT2D eigenvalue weighted by Crippen LogP contribution is 2.39. The van der Waals surface area contributed by atoms with Crippen molar-refractivity contribution in [2.45, 2.75) is 0 Å².